The number of thiophene rings is 1. The van der Waals surface area contributed by atoms with Gasteiger partial charge in [-0.15, -0.1) is 11.3 Å². The largest absolute Gasteiger partial charge is 0.378 e. The number of nitrogens with one attached hydrogen (secondary N) is 1. The van der Waals surface area contributed by atoms with E-state index >= 15 is 0 Å². The number of morpholine rings is 1. The number of carbonyl (C=O) groups is 2. The zero-order valence-electron chi connectivity index (χ0n) is 14.2. The second-order valence-corrected chi connectivity index (χ2v) is 8.32. The van der Waals surface area contributed by atoms with Gasteiger partial charge in [0.25, 0.3) is 5.91 Å². The molecule has 4 rings (SSSR count). The topological polar surface area (TPSA) is 84.7 Å². The highest BCUT2D eigenvalue weighted by atomic mass is 35.5. The lowest BCUT2D eigenvalue weighted by Crippen LogP contribution is -2.51. The van der Waals surface area contributed by atoms with Gasteiger partial charge in [0.05, 0.1) is 33.1 Å². The highest BCUT2D eigenvalue weighted by Gasteiger charge is 2.40. The van der Waals surface area contributed by atoms with E-state index in [4.69, 9.17) is 33.7 Å². The van der Waals surface area contributed by atoms with Crippen molar-refractivity contribution in [1.29, 1.82) is 0 Å². The van der Waals surface area contributed by atoms with Gasteiger partial charge in [0.15, 0.2) is 0 Å². The molecule has 2 aliphatic heterocycles. The molecule has 6 nitrogen and oxygen atoms in total. The van der Waals surface area contributed by atoms with Crippen LogP contribution < -0.4 is 16.0 Å². The van der Waals surface area contributed by atoms with E-state index in [-0.39, 0.29) is 5.91 Å². The Balaban J connectivity index is 1.81. The van der Waals surface area contributed by atoms with Crippen molar-refractivity contribution in [1.82, 2.24) is 5.32 Å². The van der Waals surface area contributed by atoms with Crippen LogP contribution in [0.1, 0.15) is 26.7 Å². The van der Waals surface area contributed by atoms with E-state index < -0.39 is 17.9 Å². The Morgan fingerprint density at radius 3 is 2.63 bits per heavy atom. The molecule has 0 bridgehead atoms. The molecule has 2 atom stereocenters. The summed E-state index contributed by atoms with van der Waals surface area (Å²) in [6.07, 6.45) is 0. The molecule has 3 heterocycles. The smallest absolute Gasteiger partial charge is 0.262 e. The molecule has 2 aliphatic rings. The predicted molar refractivity (Wildman–Crippen MR) is 106 cm³/mol. The van der Waals surface area contributed by atoms with Crippen LogP contribution in [0.3, 0.4) is 0 Å². The maximum atomic E-state index is 12.6. The zero-order chi connectivity index (χ0) is 19.1. The Morgan fingerprint density at radius 2 is 1.96 bits per heavy atom. The average Bonchev–Trinajstić information content (AvgIpc) is 3.10. The first-order chi connectivity index (χ1) is 13.0. The Kier molecular flexibility index (Phi) is 5.03. The van der Waals surface area contributed by atoms with Gasteiger partial charge in [0.2, 0.25) is 5.91 Å². The Labute approximate surface area is 170 Å². The highest BCUT2D eigenvalue weighted by molar-refractivity contribution is 7.18. The lowest BCUT2D eigenvalue weighted by atomic mass is 9.82. The minimum atomic E-state index is -0.852. The van der Waals surface area contributed by atoms with E-state index in [9.17, 15) is 9.59 Å². The zero-order valence-corrected chi connectivity index (χ0v) is 16.5. The maximum Gasteiger partial charge on any atom is 0.262 e. The highest BCUT2D eigenvalue weighted by Crippen LogP contribution is 2.42. The molecule has 27 heavy (non-hydrogen) atoms. The molecule has 142 valence electrons. The monoisotopic (exact) mass is 425 g/mol. The van der Waals surface area contributed by atoms with E-state index in [0.29, 0.717) is 28.1 Å². The van der Waals surface area contributed by atoms with E-state index in [0.717, 1.165) is 29.2 Å². The molecule has 0 spiro atoms. The first-order valence-corrected chi connectivity index (χ1v) is 10.0. The fourth-order valence-electron chi connectivity index (χ4n) is 3.52. The summed E-state index contributed by atoms with van der Waals surface area (Å²) in [6, 6.07) is 6.34. The SMILES string of the molecule is NC(=O)C1NC(=O)c2sc(N3CCOCC3)cc2C1c1ccc(Cl)c(Cl)c1. The minimum absolute atomic E-state index is 0.283. The fraction of sp³-hybridized carbons (Fsp3) is 0.333. The Bertz CT molecular complexity index is 911. The summed E-state index contributed by atoms with van der Waals surface area (Å²) < 4.78 is 5.40. The molecule has 0 radical (unpaired) electrons. The lowest BCUT2D eigenvalue weighted by Gasteiger charge is -2.30. The summed E-state index contributed by atoms with van der Waals surface area (Å²) >= 11 is 13.6. The molecule has 9 heteroatoms. The molecule has 2 aromatic rings. The third kappa shape index (κ3) is 3.40. The van der Waals surface area contributed by atoms with Gasteiger partial charge in [-0.05, 0) is 29.3 Å². The number of nitrogens with zero attached hydrogens (tertiary/aromatic N) is 1. The summed E-state index contributed by atoms with van der Waals surface area (Å²) in [6.45, 7) is 2.82. The van der Waals surface area contributed by atoms with Crippen LogP contribution in [-0.4, -0.2) is 44.2 Å². The number of nitrogens with two attached hydrogens (primary N) is 1. The minimum Gasteiger partial charge on any atom is -0.378 e. The number of benzene rings is 1. The second kappa shape index (κ2) is 7.31. The maximum absolute atomic E-state index is 12.6. The molecule has 1 fully saturated rings. The van der Waals surface area contributed by atoms with Gasteiger partial charge in [-0.1, -0.05) is 29.3 Å². The quantitative estimate of drug-likeness (QED) is 0.791. The molecular formula is C18H17Cl2N3O3S. The number of carbonyl (C=O) groups excluding carboxylic acids is 2. The standard InChI is InChI=1S/C18H17Cl2N3O3S/c19-11-2-1-9(7-12(11)20)14-10-8-13(23-3-5-26-6-4-23)27-16(10)18(25)22-15(14)17(21)24/h1-2,7-8,14-15H,3-6H2,(H2,21,24)(H,22,25). The van der Waals surface area contributed by atoms with Crippen molar-refractivity contribution in [2.75, 3.05) is 31.2 Å². The van der Waals surface area contributed by atoms with E-state index in [1.54, 1.807) is 12.1 Å². The molecule has 1 aromatic heterocycles. The van der Waals surface area contributed by atoms with Gasteiger partial charge < -0.3 is 20.7 Å². The molecule has 2 amide bonds. The molecule has 0 saturated carbocycles. The summed E-state index contributed by atoms with van der Waals surface area (Å²) in [5.41, 5.74) is 7.16. The molecular weight excluding hydrogens is 409 g/mol. The van der Waals surface area contributed by atoms with Crippen molar-refractivity contribution >= 4 is 51.4 Å². The van der Waals surface area contributed by atoms with Crippen molar-refractivity contribution < 1.29 is 14.3 Å². The number of amides is 2. The van der Waals surface area contributed by atoms with E-state index in [1.807, 2.05) is 12.1 Å². The average molecular weight is 426 g/mol. The molecule has 1 saturated heterocycles. The van der Waals surface area contributed by atoms with Gasteiger partial charge in [-0.2, -0.15) is 0 Å². The van der Waals surface area contributed by atoms with Crippen LogP contribution in [0, 0.1) is 0 Å². The summed E-state index contributed by atoms with van der Waals surface area (Å²) in [5, 5.41) is 4.54. The molecule has 2 unspecified atom stereocenters. The van der Waals surface area contributed by atoms with Crippen molar-refractivity contribution in [2.24, 2.45) is 5.73 Å². The number of ether oxygens (including phenoxy) is 1. The van der Waals surface area contributed by atoms with Gasteiger partial charge >= 0.3 is 0 Å². The van der Waals surface area contributed by atoms with Gasteiger partial charge in [-0.25, -0.2) is 0 Å². The normalized spacial score (nSPS) is 22.3. The number of hydrogen-bond donors (Lipinski definition) is 2. The van der Waals surface area contributed by atoms with Crippen LogP contribution >= 0.6 is 34.5 Å². The second-order valence-electron chi connectivity index (χ2n) is 6.47. The number of fused-ring (bicyclic) bond motifs is 1. The first-order valence-electron chi connectivity index (χ1n) is 8.47. The van der Waals surface area contributed by atoms with Crippen molar-refractivity contribution in [2.45, 2.75) is 12.0 Å². The summed E-state index contributed by atoms with van der Waals surface area (Å²) in [5.74, 6) is -1.30. The van der Waals surface area contributed by atoms with Gasteiger partial charge in [0, 0.05) is 19.0 Å². The fourth-order valence-corrected chi connectivity index (χ4v) is 4.99. The van der Waals surface area contributed by atoms with Crippen LogP contribution in [0.4, 0.5) is 5.00 Å². The van der Waals surface area contributed by atoms with Gasteiger partial charge in [0.1, 0.15) is 6.04 Å². The summed E-state index contributed by atoms with van der Waals surface area (Å²) in [7, 11) is 0. The predicted octanol–water partition coefficient (Wildman–Crippen LogP) is 2.62. The Morgan fingerprint density at radius 1 is 1.22 bits per heavy atom. The van der Waals surface area contributed by atoms with Crippen molar-refractivity contribution in [3.05, 3.63) is 50.3 Å². The van der Waals surface area contributed by atoms with Gasteiger partial charge in [-0.3, -0.25) is 9.59 Å². The van der Waals surface area contributed by atoms with Crippen LogP contribution in [0.5, 0.6) is 0 Å². The number of primary amides is 1. The van der Waals surface area contributed by atoms with E-state index in [1.165, 1.54) is 11.3 Å². The first kappa shape index (κ1) is 18.6. The lowest BCUT2D eigenvalue weighted by molar-refractivity contribution is -0.120. The third-order valence-electron chi connectivity index (χ3n) is 4.84. The number of hydrogen-bond acceptors (Lipinski definition) is 5. The third-order valence-corrected chi connectivity index (χ3v) is 6.79. The number of halogens is 2. The Hall–Kier alpha value is -1.80. The van der Waals surface area contributed by atoms with Crippen LogP contribution in [0.25, 0.3) is 0 Å². The molecule has 1 aromatic carbocycles. The number of anilines is 1. The van der Waals surface area contributed by atoms with Crippen molar-refractivity contribution in [3.8, 4) is 0 Å². The molecule has 3 N–H and O–H groups in total. The van der Waals surface area contributed by atoms with Crippen LogP contribution in [0.2, 0.25) is 10.0 Å². The van der Waals surface area contributed by atoms with Crippen LogP contribution in [-0.2, 0) is 9.53 Å². The van der Waals surface area contributed by atoms with E-state index in [2.05, 4.69) is 10.2 Å². The summed E-state index contributed by atoms with van der Waals surface area (Å²) in [4.78, 5) is 27.4. The number of rotatable bonds is 3. The van der Waals surface area contributed by atoms with Crippen molar-refractivity contribution in [3.63, 3.8) is 0 Å². The van der Waals surface area contributed by atoms with Crippen LogP contribution in [0.15, 0.2) is 24.3 Å². The molecule has 0 aliphatic carbocycles.